The molecular weight excluding hydrogens is 318 g/mol. The summed E-state index contributed by atoms with van der Waals surface area (Å²) in [5.41, 5.74) is 3.03. The van der Waals surface area contributed by atoms with Gasteiger partial charge in [0.05, 0.1) is 11.3 Å². The summed E-state index contributed by atoms with van der Waals surface area (Å²) >= 11 is 0. The molecule has 2 heterocycles. The van der Waals surface area contributed by atoms with Crippen LogP contribution in [0, 0.1) is 13.8 Å². The second-order valence-corrected chi connectivity index (χ2v) is 6.29. The average molecular weight is 339 g/mol. The lowest BCUT2D eigenvalue weighted by molar-refractivity contribution is -0.117. The van der Waals surface area contributed by atoms with Crippen molar-refractivity contribution < 1.29 is 9.59 Å². The molecule has 2 amide bonds. The van der Waals surface area contributed by atoms with E-state index in [0.29, 0.717) is 29.8 Å². The van der Waals surface area contributed by atoms with Crippen molar-refractivity contribution in [1.29, 1.82) is 0 Å². The molecule has 1 aliphatic rings. The van der Waals surface area contributed by atoms with E-state index in [1.54, 1.807) is 23.1 Å². The van der Waals surface area contributed by atoms with Crippen LogP contribution in [0.4, 0.5) is 5.69 Å². The van der Waals surface area contributed by atoms with Gasteiger partial charge in [0.15, 0.2) is 0 Å². The lowest BCUT2D eigenvalue weighted by Gasteiger charge is -2.19. The highest BCUT2D eigenvalue weighted by Crippen LogP contribution is 2.25. The topological polar surface area (TPSA) is 82.3 Å². The summed E-state index contributed by atoms with van der Waals surface area (Å²) in [5.74, 6) is -0.263. The number of aryl methyl sites for hydroxylation is 2. The average Bonchev–Trinajstić information content (AvgIpc) is 2.99. The summed E-state index contributed by atoms with van der Waals surface area (Å²) in [6.45, 7) is 4.43. The third-order valence-electron chi connectivity index (χ3n) is 4.43. The van der Waals surface area contributed by atoms with Crippen LogP contribution in [0.25, 0.3) is 0 Å². The van der Waals surface area contributed by atoms with Crippen molar-refractivity contribution in [1.82, 2.24) is 10.3 Å². The molecule has 0 saturated carbocycles. The van der Waals surface area contributed by atoms with Crippen molar-refractivity contribution in [2.45, 2.75) is 33.2 Å². The van der Waals surface area contributed by atoms with Crippen molar-refractivity contribution in [2.75, 3.05) is 11.4 Å². The van der Waals surface area contributed by atoms with E-state index < -0.39 is 0 Å². The first-order valence-electron chi connectivity index (χ1n) is 8.34. The Morgan fingerprint density at radius 3 is 2.68 bits per heavy atom. The van der Waals surface area contributed by atoms with Gasteiger partial charge in [0.25, 0.3) is 11.5 Å². The molecule has 0 bridgehead atoms. The molecule has 0 spiro atoms. The molecule has 6 heteroatoms. The number of H-pyrrole nitrogens is 1. The predicted molar refractivity (Wildman–Crippen MR) is 95.7 cm³/mol. The van der Waals surface area contributed by atoms with E-state index in [4.69, 9.17) is 0 Å². The van der Waals surface area contributed by atoms with E-state index in [0.717, 1.165) is 17.7 Å². The number of nitrogens with zero attached hydrogens (tertiary/aromatic N) is 1. The first-order chi connectivity index (χ1) is 12.0. The van der Waals surface area contributed by atoms with Crippen LogP contribution in [0.15, 0.2) is 35.1 Å². The van der Waals surface area contributed by atoms with Gasteiger partial charge in [-0.25, -0.2) is 0 Å². The van der Waals surface area contributed by atoms with Crippen LogP contribution >= 0.6 is 0 Å². The van der Waals surface area contributed by atoms with E-state index >= 15 is 0 Å². The Morgan fingerprint density at radius 2 is 2.00 bits per heavy atom. The second-order valence-electron chi connectivity index (χ2n) is 6.29. The number of carbonyl (C=O) groups excluding carboxylic acids is 2. The molecule has 3 rings (SSSR count). The second kappa shape index (κ2) is 6.93. The van der Waals surface area contributed by atoms with Crippen LogP contribution in [-0.4, -0.2) is 23.3 Å². The number of hydrogen-bond donors (Lipinski definition) is 2. The quantitative estimate of drug-likeness (QED) is 0.894. The zero-order chi connectivity index (χ0) is 18.0. The van der Waals surface area contributed by atoms with Gasteiger partial charge in [-0.05, 0) is 44.0 Å². The monoisotopic (exact) mass is 339 g/mol. The number of aromatic amines is 1. The van der Waals surface area contributed by atoms with Crippen molar-refractivity contribution in [3.05, 3.63) is 63.1 Å². The summed E-state index contributed by atoms with van der Waals surface area (Å²) in [6, 6.07) is 8.93. The lowest BCUT2D eigenvalue weighted by Crippen LogP contribution is -2.31. The van der Waals surface area contributed by atoms with Crippen LogP contribution in [0.3, 0.4) is 0 Å². The lowest BCUT2D eigenvalue weighted by atomic mass is 10.1. The number of carbonyl (C=O) groups is 2. The van der Waals surface area contributed by atoms with Crippen molar-refractivity contribution in [2.24, 2.45) is 0 Å². The summed E-state index contributed by atoms with van der Waals surface area (Å²) in [6.07, 6.45) is 1.31. The highest BCUT2D eigenvalue weighted by molar-refractivity contribution is 6.05. The fourth-order valence-corrected chi connectivity index (χ4v) is 3.17. The Hall–Kier alpha value is -2.89. The molecule has 2 aromatic rings. The minimum atomic E-state index is -0.297. The van der Waals surface area contributed by atoms with Crippen molar-refractivity contribution >= 4 is 17.5 Å². The molecule has 0 aliphatic carbocycles. The van der Waals surface area contributed by atoms with Crippen LogP contribution in [0.2, 0.25) is 0 Å². The molecule has 6 nitrogen and oxygen atoms in total. The molecule has 25 heavy (non-hydrogen) atoms. The molecule has 0 atom stereocenters. The van der Waals surface area contributed by atoms with Gasteiger partial charge >= 0.3 is 0 Å². The Bertz CT molecular complexity index is 886. The normalized spacial score (nSPS) is 14.0. The van der Waals surface area contributed by atoms with E-state index in [9.17, 15) is 14.4 Å². The highest BCUT2D eigenvalue weighted by atomic mass is 16.2. The smallest absolute Gasteiger partial charge is 0.253 e. The number of para-hydroxylation sites is 1. The van der Waals surface area contributed by atoms with E-state index in [-0.39, 0.29) is 23.9 Å². The van der Waals surface area contributed by atoms with Crippen molar-refractivity contribution in [3.8, 4) is 0 Å². The van der Waals surface area contributed by atoms with Gasteiger partial charge in [0.2, 0.25) is 5.91 Å². The maximum Gasteiger partial charge on any atom is 0.253 e. The molecule has 1 saturated heterocycles. The van der Waals surface area contributed by atoms with Crippen LogP contribution in [-0.2, 0) is 11.3 Å². The molecule has 1 aromatic heterocycles. The van der Waals surface area contributed by atoms with Gasteiger partial charge in [-0.15, -0.1) is 0 Å². The Morgan fingerprint density at radius 1 is 1.24 bits per heavy atom. The molecule has 1 aliphatic heterocycles. The summed E-state index contributed by atoms with van der Waals surface area (Å²) in [5, 5.41) is 2.80. The summed E-state index contributed by atoms with van der Waals surface area (Å²) in [7, 11) is 0. The maximum atomic E-state index is 12.6. The number of pyridine rings is 1. The summed E-state index contributed by atoms with van der Waals surface area (Å²) < 4.78 is 0. The third-order valence-corrected chi connectivity index (χ3v) is 4.43. The Balaban J connectivity index is 1.81. The van der Waals surface area contributed by atoms with Gasteiger partial charge < -0.3 is 15.2 Å². The fourth-order valence-electron chi connectivity index (χ4n) is 3.17. The molecular formula is C19H21N3O3. The van der Waals surface area contributed by atoms with Gasteiger partial charge in [-0.3, -0.25) is 14.4 Å². The SMILES string of the molecule is Cc1cc(C)c(CNC(=O)c2ccccc2N2CCCC2=O)c(=O)[nH]1. The van der Waals surface area contributed by atoms with Crippen LogP contribution in [0.5, 0.6) is 0 Å². The number of aromatic nitrogens is 1. The number of amides is 2. The molecule has 0 unspecified atom stereocenters. The van der Waals surface area contributed by atoms with Crippen LogP contribution < -0.4 is 15.8 Å². The predicted octanol–water partition coefficient (Wildman–Crippen LogP) is 2.05. The first kappa shape index (κ1) is 17.0. The minimum absolute atomic E-state index is 0.0334. The zero-order valence-corrected chi connectivity index (χ0v) is 14.4. The maximum absolute atomic E-state index is 12.6. The van der Waals surface area contributed by atoms with Gasteiger partial charge in [0, 0.05) is 30.8 Å². The standard InChI is InChI=1S/C19H21N3O3/c1-12-10-13(2)21-19(25)15(12)11-20-18(24)14-6-3-4-7-16(14)22-9-5-8-17(22)23/h3-4,6-7,10H,5,8-9,11H2,1-2H3,(H,20,24)(H,21,25). The number of hydrogen-bond acceptors (Lipinski definition) is 3. The molecule has 1 aromatic carbocycles. The van der Waals surface area contributed by atoms with E-state index in [1.165, 1.54) is 0 Å². The van der Waals surface area contributed by atoms with Crippen molar-refractivity contribution in [3.63, 3.8) is 0 Å². The molecule has 130 valence electrons. The molecule has 1 fully saturated rings. The minimum Gasteiger partial charge on any atom is -0.348 e. The number of nitrogens with one attached hydrogen (secondary N) is 2. The Kier molecular flexibility index (Phi) is 4.70. The number of rotatable bonds is 4. The van der Waals surface area contributed by atoms with E-state index in [2.05, 4.69) is 10.3 Å². The zero-order valence-electron chi connectivity index (χ0n) is 14.4. The van der Waals surface area contributed by atoms with Gasteiger partial charge in [-0.1, -0.05) is 12.1 Å². The highest BCUT2D eigenvalue weighted by Gasteiger charge is 2.25. The molecule has 0 radical (unpaired) electrons. The third kappa shape index (κ3) is 3.47. The largest absolute Gasteiger partial charge is 0.348 e. The molecule has 2 N–H and O–H groups in total. The Labute approximate surface area is 145 Å². The van der Waals surface area contributed by atoms with Gasteiger partial charge in [0.1, 0.15) is 0 Å². The van der Waals surface area contributed by atoms with Gasteiger partial charge in [-0.2, -0.15) is 0 Å². The van der Waals surface area contributed by atoms with Crippen LogP contribution in [0.1, 0.15) is 40.0 Å². The number of benzene rings is 1. The number of anilines is 1. The fraction of sp³-hybridized carbons (Fsp3) is 0.316. The van der Waals surface area contributed by atoms with E-state index in [1.807, 2.05) is 26.0 Å². The first-order valence-corrected chi connectivity index (χ1v) is 8.34. The summed E-state index contributed by atoms with van der Waals surface area (Å²) in [4.78, 5) is 41.1.